The summed E-state index contributed by atoms with van der Waals surface area (Å²) in [5.74, 6) is -0.133. The van der Waals surface area contributed by atoms with Crippen LogP contribution in [-0.2, 0) is 0 Å². The molecule has 4 heterocycles. The largest absolute Gasteiger partial charge is 0.479 e. The van der Waals surface area contributed by atoms with Gasteiger partial charge in [-0.3, -0.25) is 9.88 Å². The first-order valence-electron chi connectivity index (χ1n) is 11.6. The van der Waals surface area contributed by atoms with Gasteiger partial charge < -0.3 is 15.2 Å². The van der Waals surface area contributed by atoms with Crippen molar-refractivity contribution in [1.82, 2.24) is 24.5 Å². The van der Waals surface area contributed by atoms with Gasteiger partial charge in [0, 0.05) is 31.2 Å². The van der Waals surface area contributed by atoms with Crippen LogP contribution in [0.1, 0.15) is 20.3 Å². The normalized spacial score (nSPS) is 19.4. The topological polar surface area (TPSA) is 87.8 Å². The maximum atomic E-state index is 15.2. The molecule has 1 aliphatic heterocycles. The standard InChI is InChI=1S/C25H28F2N6O2/c1-25(2,34)14-32-10-8-20(17(26)12-32)29-24-30-23(35-3)22-21(18(27)13-33(22)31-24)16-6-7-19-15(11-16)5-4-9-28-19/h4-7,9,11,13,17,20,34H,8,10,12,14H2,1-3H3,(H,29,31)/t17-,20+/m1/s1. The van der Waals surface area contributed by atoms with Crippen LogP contribution in [0.2, 0.25) is 0 Å². The summed E-state index contributed by atoms with van der Waals surface area (Å²) in [5, 5.41) is 18.4. The SMILES string of the molecule is COc1nc(N[C@H]2CCN(CC(C)(C)O)C[C@H]2F)nn2cc(F)c(-c3ccc4ncccc4c3)c12. The number of aliphatic hydroxyl groups is 1. The highest BCUT2D eigenvalue weighted by Crippen LogP contribution is 2.35. The third kappa shape index (κ3) is 4.76. The Morgan fingerprint density at radius 1 is 1.29 bits per heavy atom. The van der Waals surface area contributed by atoms with Crippen LogP contribution in [0.15, 0.2) is 42.7 Å². The van der Waals surface area contributed by atoms with Crippen LogP contribution in [0.5, 0.6) is 5.88 Å². The molecule has 0 unspecified atom stereocenters. The molecular weight excluding hydrogens is 454 g/mol. The fourth-order valence-electron chi connectivity index (χ4n) is 4.72. The van der Waals surface area contributed by atoms with Crippen molar-refractivity contribution in [3.05, 3.63) is 48.5 Å². The number of anilines is 1. The summed E-state index contributed by atoms with van der Waals surface area (Å²) in [6.07, 6.45) is 2.31. The number of rotatable bonds is 6. The third-order valence-electron chi connectivity index (χ3n) is 6.19. The van der Waals surface area contributed by atoms with Gasteiger partial charge in [0.05, 0.1) is 36.0 Å². The van der Waals surface area contributed by atoms with Crippen LogP contribution >= 0.6 is 0 Å². The van der Waals surface area contributed by atoms with Crippen molar-refractivity contribution < 1.29 is 18.6 Å². The van der Waals surface area contributed by atoms with Gasteiger partial charge in [-0.05, 0) is 44.0 Å². The summed E-state index contributed by atoms with van der Waals surface area (Å²) >= 11 is 0. The molecule has 8 nitrogen and oxygen atoms in total. The number of pyridine rings is 1. The summed E-state index contributed by atoms with van der Waals surface area (Å²) in [6, 6.07) is 8.73. The Kier molecular flexibility index (Phi) is 6.02. The van der Waals surface area contributed by atoms with E-state index in [1.54, 1.807) is 26.1 Å². The van der Waals surface area contributed by atoms with Gasteiger partial charge in [0.1, 0.15) is 11.7 Å². The molecule has 0 bridgehead atoms. The number of alkyl halides is 1. The molecule has 2 N–H and O–H groups in total. The Morgan fingerprint density at radius 2 is 2.11 bits per heavy atom. The smallest absolute Gasteiger partial charge is 0.244 e. The van der Waals surface area contributed by atoms with Crippen molar-refractivity contribution in [1.29, 1.82) is 0 Å². The van der Waals surface area contributed by atoms with Gasteiger partial charge >= 0.3 is 0 Å². The van der Waals surface area contributed by atoms with E-state index in [2.05, 4.69) is 20.4 Å². The molecule has 5 rings (SSSR count). The van der Waals surface area contributed by atoms with Crippen molar-refractivity contribution in [3.63, 3.8) is 0 Å². The maximum Gasteiger partial charge on any atom is 0.244 e. The fraction of sp³-hybridized carbons (Fsp3) is 0.400. The number of nitrogens with zero attached hydrogens (tertiary/aromatic N) is 5. The quantitative estimate of drug-likeness (QED) is 0.433. The highest BCUT2D eigenvalue weighted by atomic mass is 19.1. The molecule has 4 aromatic rings. The summed E-state index contributed by atoms with van der Waals surface area (Å²) in [4.78, 5) is 10.6. The van der Waals surface area contributed by atoms with Crippen LogP contribution in [0.25, 0.3) is 27.5 Å². The van der Waals surface area contributed by atoms with E-state index in [9.17, 15) is 9.50 Å². The molecule has 184 valence electrons. The van der Waals surface area contributed by atoms with Gasteiger partial charge in [-0.25, -0.2) is 13.3 Å². The second-order valence-electron chi connectivity index (χ2n) is 9.60. The number of piperidine rings is 1. The molecule has 0 amide bonds. The lowest BCUT2D eigenvalue weighted by molar-refractivity contribution is 0.0147. The number of ether oxygens (including phenoxy) is 1. The van der Waals surface area contributed by atoms with Crippen LogP contribution in [-0.4, -0.2) is 74.1 Å². The first-order valence-corrected chi connectivity index (χ1v) is 11.6. The van der Waals surface area contributed by atoms with E-state index in [0.717, 1.165) is 10.9 Å². The average molecular weight is 483 g/mol. The number of benzene rings is 1. The molecule has 0 spiro atoms. The van der Waals surface area contributed by atoms with Gasteiger partial charge in [0.15, 0.2) is 5.82 Å². The second-order valence-corrected chi connectivity index (χ2v) is 9.60. The number of aromatic nitrogens is 4. The molecular formula is C25H28F2N6O2. The molecule has 1 aliphatic rings. The Bertz CT molecular complexity index is 1370. The van der Waals surface area contributed by atoms with E-state index < -0.39 is 23.6 Å². The lowest BCUT2D eigenvalue weighted by atomic mass is 10.0. The minimum absolute atomic E-state index is 0.155. The number of nitrogens with one attached hydrogen (secondary N) is 1. The Hall–Kier alpha value is -3.37. The summed E-state index contributed by atoms with van der Waals surface area (Å²) in [5.41, 5.74) is 1.28. The second kappa shape index (κ2) is 9.01. The molecule has 10 heteroatoms. The number of hydrogen-bond acceptors (Lipinski definition) is 7. The van der Waals surface area contributed by atoms with Crippen LogP contribution < -0.4 is 10.1 Å². The van der Waals surface area contributed by atoms with Crippen molar-refractivity contribution in [2.75, 3.05) is 32.1 Å². The van der Waals surface area contributed by atoms with Crippen molar-refractivity contribution in [3.8, 4) is 17.0 Å². The number of fused-ring (bicyclic) bond motifs is 2. The average Bonchev–Trinajstić information content (AvgIpc) is 3.14. The highest BCUT2D eigenvalue weighted by Gasteiger charge is 2.32. The van der Waals surface area contributed by atoms with E-state index in [1.165, 1.54) is 17.8 Å². The minimum atomic E-state index is -1.18. The first kappa shape index (κ1) is 23.4. The van der Waals surface area contributed by atoms with Crippen molar-refractivity contribution in [2.24, 2.45) is 0 Å². The highest BCUT2D eigenvalue weighted by molar-refractivity contribution is 5.91. The number of methoxy groups -OCH3 is 1. The predicted octanol–water partition coefficient (Wildman–Crippen LogP) is 3.69. The lowest BCUT2D eigenvalue weighted by Gasteiger charge is -2.37. The number of β-amino-alcohol motifs (C(OH)–C–C–N with tert-alkyl or cyclic N) is 1. The van der Waals surface area contributed by atoms with Gasteiger partial charge in [-0.2, -0.15) is 4.98 Å². The van der Waals surface area contributed by atoms with E-state index in [0.29, 0.717) is 36.2 Å². The van der Waals surface area contributed by atoms with Crippen LogP contribution in [0.4, 0.5) is 14.7 Å². The lowest BCUT2D eigenvalue weighted by Crippen LogP contribution is -2.51. The number of halogens is 2. The van der Waals surface area contributed by atoms with Gasteiger partial charge in [-0.15, -0.1) is 5.10 Å². The third-order valence-corrected chi connectivity index (χ3v) is 6.19. The molecule has 35 heavy (non-hydrogen) atoms. The fourth-order valence-corrected chi connectivity index (χ4v) is 4.72. The molecule has 0 aliphatic carbocycles. The van der Waals surface area contributed by atoms with Gasteiger partial charge in [-0.1, -0.05) is 12.1 Å². The van der Waals surface area contributed by atoms with E-state index >= 15 is 4.39 Å². The first-order chi connectivity index (χ1) is 16.7. The Labute approximate surface area is 201 Å². The molecule has 1 aromatic carbocycles. The van der Waals surface area contributed by atoms with Crippen molar-refractivity contribution >= 4 is 22.4 Å². The number of likely N-dealkylation sites (tertiary alicyclic amines) is 1. The monoisotopic (exact) mass is 482 g/mol. The van der Waals surface area contributed by atoms with Crippen LogP contribution in [0, 0.1) is 5.82 Å². The summed E-state index contributed by atoms with van der Waals surface area (Å²) in [6.45, 7) is 4.63. The zero-order valence-corrected chi connectivity index (χ0v) is 19.9. The Morgan fingerprint density at radius 3 is 2.86 bits per heavy atom. The summed E-state index contributed by atoms with van der Waals surface area (Å²) < 4.78 is 37.0. The maximum absolute atomic E-state index is 15.2. The molecule has 2 atom stereocenters. The predicted molar refractivity (Wildman–Crippen MR) is 130 cm³/mol. The minimum Gasteiger partial charge on any atom is -0.479 e. The van der Waals surface area contributed by atoms with E-state index in [1.807, 2.05) is 29.2 Å². The van der Waals surface area contributed by atoms with Crippen molar-refractivity contribution in [2.45, 2.75) is 38.1 Å². The zero-order valence-electron chi connectivity index (χ0n) is 19.9. The Balaban J connectivity index is 1.44. The van der Waals surface area contributed by atoms with E-state index in [4.69, 9.17) is 4.74 Å². The summed E-state index contributed by atoms with van der Waals surface area (Å²) in [7, 11) is 1.46. The van der Waals surface area contributed by atoms with E-state index in [-0.39, 0.29) is 18.4 Å². The van der Waals surface area contributed by atoms with Gasteiger partial charge in [0.25, 0.3) is 0 Å². The number of hydrogen-bond donors (Lipinski definition) is 2. The zero-order chi connectivity index (χ0) is 24.7. The van der Waals surface area contributed by atoms with Gasteiger partial charge in [0.2, 0.25) is 11.8 Å². The molecule has 1 saturated heterocycles. The van der Waals surface area contributed by atoms with Crippen LogP contribution in [0.3, 0.4) is 0 Å². The molecule has 0 saturated carbocycles. The molecule has 3 aromatic heterocycles. The molecule has 1 fully saturated rings. The molecule has 0 radical (unpaired) electrons.